The van der Waals surface area contributed by atoms with Crippen molar-refractivity contribution in [3.05, 3.63) is 35.4 Å². The molecular formula is C14H21NOS. The largest absolute Gasteiger partial charge is 0.339 e. The van der Waals surface area contributed by atoms with Crippen LogP contribution in [0.2, 0.25) is 0 Å². The normalized spacial score (nSPS) is 10.3. The Balaban J connectivity index is 2.69. The van der Waals surface area contributed by atoms with Gasteiger partial charge >= 0.3 is 0 Å². The quantitative estimate of drug-likeness (QED) is 0.772. The average Bonchev–Trinajstić information content (AvgIpc) is 2.38. The first-order valence-electron chi connectivity index (χ1n) is 6.18. The fourth-order valence-electron chi connectivity index (χ4n) is 1.66. The van der Waals surface area contributed by atoms with Crippen LogP contribution in [-0.2, 0) is 5.75 Å². The molecule has 1 amide bonds. The highest BCUT2D eigenvalue weighted by Gasteiger charge is 2.11. The van der Waals surface area contributed by atoms with Crippen molar-refractivity contribution in [2.24, 2.45) is 0 Å². The summed E-state index contributed by atoms with van der Waals surface area (Å²) in [7, 11) is 0. The summed E-state index contributed by atoms with van der Waals surface area (Å²) in [6.07, 6.45) is 0. The molecule has 1 aromatic carbocycles. The Kier molecular flexibility index (Phi) is 6.12. The van der Waals surface area contributed by atoms with Crippen LogP contribution in [0.1, 0.15) is 36.7 Å². The van der Waals surface area contributed by atoms with Crippen LogP contribution >= 0.6 is 11.8 Å². The van der Waals surface area contributed by atoms with Gasteiger partial charge in [0.15, 0.2) is 0 Å². The minimum Gasteiger partial charge on any atom is -0.339 e. The molecule has 0 atom stereocenters. The van der Waals surface area contributed by atoms with E-state index in [0.29, 0.717) is 0 Å². The van der Waals surface area contributed by atoms with Crippen LogP contribution in [0, 0.1) is 0 Å². The van der Waals surface area contributed by atoms with Crippen LogP contribution in [-0.4, -0.2) is 29.6 Å². The summed E-state index contributed by atoms with van der Waals surface area (Å²) >= 11 is 1.90. The van der Waals surface area contributed by atoms with E-state index in [2.05, 4.69) is 19.1 Å². The zero-order chi connectivity index (χ0) is 12.7. The predicted molar refractivity (Wildman–Crippen MR) is 75.5 cm³/mol. The molecule has 1 aromatic rings. The van der Waals surface area contributed by atoms with Gasteiger partial charge in [-0.2, -0.15) is 11.8 Å². The molecule has 0 aliphatic rings. The molecule has 0 saturated carbocycles. The lowest BCUT2D eigenvalue weighted by Crippen LogP contribution is -2.30. The Morgan fingerprint density at radius 1 is 1.12 bits per heavy atom. The second-order valence-electron chi connectivity index (χ2n) is 3.81. The van der Waals surface area contributed by atoms with Gasteiger partial charge in [0.05, 0.1) is 0 Å². The molecule has 0 bridgehead atoms. The van der Waals surface area contributed by atoms with Gasteiger partial charge in [-0.1, -0.05) is 19.1 Å². The number of carbonyl (C=O) groups excluding carboxylic acids is 1. The van der Waals surface area contributed by atoms with E-state index in [9.17, 15) is 4.79 Å². The van der Waals surface area contributed by atoms with Gasteiger partial charge in [-0.15, -0.1) is 0 Å². The fraction of sp³-hybridized carbons (Fsp3) is 0.500. The Hall–Kier alpha value is -0.960. The number of thioether (sulfide) groups is 1. The molecule has 94 valence electrons. The number of nitrogens with zero attached hydrogens (tertiary/aromatic N) is 1. The van der Waals surface area contributed by atoms with Gasteiger partial charge in [0.25, 0.3) is 5.91 Å². The minimum atomic E-state index is 0.129. The minimum absolute atomic E-state index is 0.129. The third kappa shape index (κ3) is 4.08. The molecule has 0 aliphatic heterocycles. The molecule has 0 aliphatic carbocycles. The fourth-order valence-corrected chi connectivity index (χ4v) is 2.29. The van der Waals surface area contributed by atoms with Gasteiger partial charge in [-0.25, -0.2) is 0 Å². The van der Waals surface area contributed by atoms with Crippen molar-refractivity contribution >= 4 is 17.7 Å². The van der Waals surface area contributed by atoms with E-state index < -0.39 is 0 Å². The SMILES string of the molecule is CCSCc1ccc(C(=O)N(CC)CC)cc1. The molecule has 0 aromatic heterocycles. The topological polar surface area (TPSA) is 20.3 Å². The summed E-state index contributed by atoms with van der Waals surface area (Å²) in [6.45, 7) is 7.70. The number of benzene rings is 1. The molecule has 0 heterocycles. The smallest absolute Gasteiger partial charge is 0.253 e. The molecule has 0 radical (unpaired) electrons. The maximum atomic E-state index is 12.1. The van der Waals surface area contributed by atoms with E-state index in [1.165, 1.54) is 5.56 Å². The predicted octanol–water partition coefficient (Wildman–Crippen LogP) is 3.42. The highest BCUT2D eigenvalue weighted by atomic mass is 32.2. The summed E-state index contributed by atoms with van der Waals surface area (Å²) in [5.41, 5.74) is 2.08. The summed E-state index contributed by atoms with van der Waals surface area (Å²) < 4.78 is 0. The van der Waals surface area contributed by atoms with Crippen molar-refractivity contribution in [2.45, 2.75) is 26.5 Å². The lowest BCUT2D eigenvalue weighted by atomic mass is 10.1. The van der Waals surface area contributed by atoms with Crippen LogP contribution in [0.15, 0.2) is 24.3 Å². The van der Waals surface area contributed by atoms with Gasteiger partial charge in [0.2, 0.25) is 0 Å². The maximum Gasteiger partial charge on any atom is 0.253 e. The third-order valence-corrected chi connectivity index (χ3v) is 3.67. The zero-order valence-electron chi connectivity index (χ0n) is 10.9. The summed E-state index contributed by atoms with van der Waals surface area (Å²) in [5, 5.41) is 0. The first-order chi connectivity index (χ1) is 8.22. The van der Waals surface area contributed by atoms with Gasteiger partial charge in [0, 0.05) is 24.4 Å². The summed E-state index contributed by atoms with van der Waals surface area (Å²) in [5.74, 6) is 2.28. The Morgan fingerprint density at radius 2 is 1.71 bits per heavy atom. The second-order valence-corrected chi connectivity index (χ2v) is 5.09. The van der Waals surface area contributed by atoms with Gasteiger partial charge < -0.3 is 4.90 Å². The second kappa shape index (κ2) is 7.38. The molecule has 0 N–H and O–H groups in total. The van der Waals surface area contributed by atoms with Crippen LogP contribution < -0.4 is 0 Å². The molecule has 1 rings (SSSR count). The van der Waals surface area contributed by atoms with Crippen molar-refractivity contribution in [1.29, 1.82) is 0 Å². The number of carbonyl (C=O) groups is 1. The van der Waals surface area contributed by atoms with Gasteiger partial charge in [0.1, 0.15) is 0 Å². The molecule has 0 saturated heterocycles. The average molecular weight is 251 g/mol. The van der Waals surface area contributed by atoms with E-state index in [1.807, 2.05) is 42.6 Å². The van der Waals surface area contributed by atoms with E-state index in [1.54, 1.807) is 0 Å². The highest BCUT2D eigenvalue weighted by Crippen LogP contribution is 2.13. The summed E-state index contributed by atoms with van der Waals surface area (Å²) in [6, 6.07) is 7.98. The third-order valence-electron chi connectivity index (χ3n) is 2.72. The standard InChI is InChI=1S/C14H21NOS/c1-4-15(5-2)14(16)13-9-7-12(8-10-13)11-17-6-3/h7-10H,4-6,11H2,1-3H3. The molecule has 0 unspecified atom stereocenters. The van der Waals surface area contributed by atoms with Crippen LogP contribution in [0.25, 0.3) is 0 Å². The van der Waals surface area contributed by atoms with E-state index in [0.717, 1.165) is 30.2 Å². The molecule has 0 fully saturated rings. The van der Waals surface area contributed by atoms with Crippen molar-refractivity contribution in [1.82, 2.24) is 4.90 Å². The number of hydrogen-bond acceptors (Lipinski definition) is 2. The van der Waals surface area contributed by atoms with Crippen molar-refractivity contribution in [2.75, 3.05) is 18.8 Å². The molecule has 3 heteroatoms. The lowest BCUT2D eigenvalue weighted by Gasteiger charge is -2.18. The molecule has 17 heavy (non-hydrogen) atoms. The van der Waals surface area contributed by atoms with Crippen molar-refractivity contribution < 1.29 is 4.79 Å². The van der Waals surface area contributed by atoms with Crippen molar-refractivity contribution in [3.8, 4) is 0 Å². The first-order valence-corrected chi connectivity index (χ1v) is 7.34. The Morgan fingerprint density at radius 3 is 2.18 bits per heavy atom. The monoisotopic (exact) mass is 251 g/mol. The summed E-state index contributed by atoms with van der Waals surface area (Å²) in [4.78, 5) is 13.9. The lowest BCUT2D eigenvalue weighted by molar-refractivity contribution is 0.0773. The first kappa shape index (κ1) is 14.1. The van der Waals surface area contributed by atoms with Crippen LogP contribution in [0.3, 0.4) is 0 Å². The molecule has 2 nitrogen and oxygen atoms in total. The molecular weight excluding hydrogens is 230 g/mol. The Labute approximate surface area is 108 Å². The number of hydrogen-bond donors (Lipinski definition) is 0. The molecule has 0 spiro atoms. The number of rotatable bonds is 6. The van der Waals surface area contributed by atoms with Gasteiger partial charge in [-0.3, -0.25) is 4.79 Å². The van der Waals surface area contributed by atoms with E-state index >= 15 is 0 Å². The van der Waals surface area contributed by atoms with E-state index in [-0.39, 0.29) is 5.91 Å². The highest BCUT2D eigenvalue weighted by molar-refractivity contribution is 7.98. The zero-order valence-corrected chi connectivity index (χ0v) is 11.7. The van der Waals surface area contributed by atoms with Gasteiger partial charge in [-0.05, 0) is 37.3 Å². The van der Waals surface area contributed by atoms with Crippen LogP contribution in [0.5, 0.6) is 0 Å². The van der Waals surface area contributed by atoms with Crippen LogP contribution in [0.4, 0.5) is 0 Å². The van der Waals surface area contributed by atoms with E-state index in [4.69, 9.17) is 0 Å². The van der Waals surface area contributed by atoms with Crippen molar-refractivity contribution in [3.63, 3.8) is 0 Å². The Bertz CT molecular complexity index is 344. The number of amides is 1. The maximum absolute atomic E-state index is 12.1.